The number of aromatic nitrogens is 1. The van der Waals surface area contributed by atoms with Crippen LogP contribution in [0.1, 0.15) is 5.56 Å². The number of fused-ring (bicyclic) bond motifs is 1. The Labute approximate surface area is 105 Å². The topological polar surface area (TPSA) is 22.1 Å². The molecule has 2 rings (SSSR count). The van der Waals surface area contributed by atoms with E-state index in [4.69, 9.17) is 4.74 Å². The first-order valence-electron chi connectivity index (χ1n) is 4.44. The molecule has 0 fully saturated rings. The normalized spacial score (nSPS) is 10.9. The van der Waals surface area contributed by atoms with Crippen molar-refractivity contribution in [1.29, 1.82) is 0 Å². The maximum atomic E-state index is 5.14. The summed E-state index contributed by atoms with van der Waals surface area (Å²) in [6.07, 6.45) is 1.80. The lowest BCUT2D eigenvalue weighted by molar-refractivity contribution is 0.186. The Morgan fingerprint density at radius 1 is 1.33 bits per heavy atom. The molecule has 0 bridgehead atoms. The third-order valence-corrected chi connectivity index (χ3v) is 4.16. The zero-order valence-corrected chi connectivity index (χ0v) is 11.3. The quantitative estimate of drug-likeness (QED) is 0.833. The van der Waals surface area contributed by atoms with Gasteiger partial charge in [-0.1, -0.05) is 18.2 Å². The van der Waals surface area contributed by atoms with Gasteiger partial charge in [0.15, 0.2) is 0 Å². The fraction of sp³-hybridized carbons (Fsp3) is 0.182. The molecule has 0 aliphatic rings. The van der Waals surface area contributed by atoms with Gasteiger partial charge in [-0.15, -0.1) is 0 Å². The second-order valence-electron chi connectivity index (χ2n) is 3.17. The Morgan fingerprint density at radius 3 is 2.87 bits per heavy atom. The number of pyridine rings is 1. The summed E-state index contributed by atoms with van der Waals surface area (Å²) in [5.74, 6) is 0. The Kier molecular flexibility index (Phi) is 3.38. The van der Waals surface area contributed by atoms with Crippen molar-refractivity contribution >= 4 is 42.8 Å². The maximum absolute atomic E-state index is 5.14. The fourth-order valence-corrected chi connectivity index (χ4v) is 2.24. The van der Waals surface area contributed by atoms with Crippen molar-refractivity contribution in [2.24, 2.45) is 0 Å². The van der Waals surface area contributed by atoms with Crippen LogP contribution in [0, 0.1) is 0 Å². The van der Waals surface area contributed by atoms with Crippen LogP contribution >= 0.6 is 31.9 Å². The number of benzene rings is 1. The van der Waals surface area contributed by atoms with Crippen molar-refractivity contribution in [2.45, 2.75) is 6.61 Å². The van der Waals surface area contributed by atoms with E-state index in [0.29, 0.717) is 6.61 Å². The number of ether oxygens (including phenoxy) is 1. The lowest BCUT2D eigenvalue weighted by Gasteiger charge is -2.06. The second kappa shape index (κ2) is 4.60. The Bertz CT molecular complexity index is 499. The van der Waals surface area contributed by atoms with E-state index in [2.05, 4.69) is 36.8 Å². The molecule has 0 aliphatic heterocycles. The van der Waals surface area contributed by atoms with Crippen molar-refractivity contribution in [2.75, 3.05) is 7.11 Å². The van der Waals surface area contributed by atoms with Gasteiger partial charge in [0.1, 0.15) is 0 Å². The molecule has 0 saturated carbocycles. The van der Waals surface area contributed by atoms with Gasteiger partial charge in [-0.05, 0) is 31.9 Å². The Balaban J connectivity index is 2.72. The summed E-state index contributed by atoms with van der Waals surface area (Å²) in [5.41, 5.74) is 2.08. The molecule has 1 aromatic heterocycles. The van der Waals surface area contributed by atoms with Gasteiger partial charge < -0.3 is 4.74 Å². The molecule has 15 heavy (non-hydrogen) atoms. The zero-order valence-electron chi connectivity index (χ0n) is 8.13. The summed E-state index contributed by atoms with van der Waals surface area (Å²) in [7, 11) is 1.69. The predicted molar refractivity (Wildman–Crippen MR) is 67.9 cm³/mol. The number of rotatable bonds is 2. The Hall–Kier alpha value is -0.450. The van der Waals surface area contributed by atoms with E-state index in [1.54, 1.807) is 13.3 Å². The molecule has 0 unspecified atom stereocenters. The van der Waals surface area contributed by atoms with Crippen LogP contribution in [-0.4, -0.2) is 12.1 Å². The van der Waals surface area contributed by atoms with Crippen LogP contribution in [0.2, 0.25) is 0 Å². The van der Waals surface area contributed by atoms with Gasteiger partial charge in [0.2, 0.25) is 0 Å². The van der Waals surface area contributed by atoms with Gasteiger partial charge in [0.25, 0.3) is 0 Å². The first-order valence-corrected chi connectivity index (χ1v) is 6.03. The van der Waals surface area contributed by atoms with Gasteiger partial charge in [0.05, 0.1) is 16.6 Å². The molecule has 1 heterocycles. The molecule has 0 aliphatic carbocycles. The van der Waals surface area contributed by atoms with Crippen LogP contribution in [0.25, 0.3) is 10.9 Å². The molecule has 0 N–H and O–H groups in total. The molecule has 4 heteroatoms. The van der Waals surface area contributed by atoms with Crippen LogP contribution in [0.4, 0.5) is 0 Å². The molecular weight excluding hydrogens is 322 g/mol. The van der Waals surface area contributed by atoms with E-state index in [0.717, 1.165) is 25.4 Å². The summed E-state index contributed by atoms with van der Waals surface area (Å²) in [6.45, 7) is 0.582. The summed E-state index contributed by atoms with van der Waals surface area (Å²) < 4.78 is 7.13. The number of para-hydroxylation sites is 1. The molecular formula is C11H9Br2NO. The first kappa shape index (κ1) is 11.0. The average Bonchev–Trinajstić information content (AvgIpc) is 2.25. The highest BCUT2D eigenvalue weighted by molar-refractivity contribution is 9.13. The largest absolute Gasteiger partial charge is 0.380 e. The highest BCUT2D eigenvalue weighted by Crippen LogP contribution is 2.31. The van der Waals surface area contributed by atoms with Crippen molar-refractivity contribution < 1.29 is 4.74 Å². The van der Waals surface area contributed by atoms with E-state index < -0.39 is 0 Å². The van der Waals surface area contributed by atoms with Crippen molar-refractivity contribution in [3.63, 3.8) is 0 Å². The minimum absolute atomic E-state index is 0.582. The monoisotopic (exact) mass is 329 g/mol. The van der Waals surface area contributed by atoms with E-state index in [-0.39, 0.29) is 0 Å². The van der Waals surface area contributed by atoms with Crippen LogP contribution in [-0.2, 0) is 11.3 Å². The van der Waals surface area contributed by atoms with Gasteiger partial charge in [0, 0.05) is 28.7 Å². The molecule has 0 radical (unpaired) electrons. The third kappa shape index (κ3) is 2.07. The van der Waals surface area contributed by atoms with Gasteiger partial charge in [-0.25, -0.2) is 0 Å². The van der Waals surface area contributed by atoms with E-state index in [9.17, 15) is 0 Å². The van der Waals surface area contributed by atoms with Gasteiger partial charge >= 0.3 is 0 Å². The molecule has 2 aromatic rings. The van der Waals surface area contributed by atoms with E-state index in [1.807, 2.05) is 18.2 Å². The van der Waals surface area contributed by atoms with Crippen LogP contribution in [0.5, 0.6) is 0 Å². The standard InChI is InChI=1S/C11H9Br2NO/c1-15-6-7-3-2-4-8-10(13)9(12)5-14-11(7)8/h2-5H,6H2,1H3. The SMILES string of the molecule is COCc1cccc2c(Br)c(Br)cnc12. The van der Waals surface area contributed by atoms with Crippen molar-refractivity contribution in [3.05, 3.63) is 38.9 Å². The Morgan fingerprint density at radius 2 is 2.13 bits per heavy atom. The van der Waals surface area contributed by atoms with Gasteiger partial charge in [-0.3, -0.25) is 4.98 Å². The maximum Gasteiger partial charge on any atom is 0.0769 e. The van der Waals surface area contributed by atoms with Crippen LogP contribution < -0.4 is 0 Å². The minimum atomic E-state index is 0.582. The third-order valence-electron chi connectivity index (χ3n) is 2.17. The van der Waals surface area contributed by atoms with Crippen molar-refractivity contribution in [1.82, 2.24) is 4.98 Å². The molecule has 0 amide bonds. The zero-order chi connectivity index (χ0) is 10.8. The molecule has 2 nitrogen and oxygen atoms in total. The number of methoxy groups -OCH3 is 1. The molecule has 0 saturated heterocycles. The van der Waals surface area contributed by atoms with Crippen molar-refractivity contribution in [3.8, 4) is 0 Å². The minimum Gasteiger partial charge on any atom is -0.380 e. The predicted octanol–water partition coefficient (Wildman–Crippen LogP) is 3.91. The fourth-order valence-electron chi connectivity index (χ4n) is 1.50. The van der Waals surface area contributed by atoms with E-state index in [1.165, 1.54) is 0 Å². The summed E-state index contributed by atoms with van der Waals surface area (Å²) in [6, 6.07) is 6.07. The molecule has 0 spiro atoms. The smallest absolute Gasteiger partial charge is 0.0769 e. The van der Waals surface area contributed by atoms with E-state index >= 15 is 0 Å². The highest BCUT2D eigenvalue weighted by atomic mass is 79.9. The highest BCUT2D eigenvalue weighted by Gasteiger charge is 2.07. The molecule has 1 aromatic carbocycles. The summed E-state index contributed by atoms with van der Waals surface area (Å²) in [5, 5.41) is 1.10. The van der Waals surface area contributed by atoms with Crippen LogP contribution in [0.3, 0.4) is 0 Å². The van der Waals surface area contributed by atoms with Crippen LogP contribution in [0.15, 0.2) is 33.3 Å². The lowest BCUT2D eigenvalue weighted by atomic mass is 10.1. The first-order chi connectivity index (χ1) is 7.24. The second-order valence-corrected chi connectivity index (χ2v) is 4.81. The molecule has 78 valence electrons. The summed E-state index contributed by atoms with van der Waals surface area (Å²) in [4.78, 5) is 4.40. The number of halogens is 2. The molecule has 0 atom stereocenters. The number of hydrogen-bond donors (Lipinski definition) is 0. The van der Waals surface area contributed by atoms with Gasteiger partial charge in [-0.2, -0.15) is 0 Å². The number of hydrogen-bond acceptors (Lipinski definition) is 2. The average molecular weight is 331 g/mol. The summed E-state index contributed by atoms with van der Waals surface area (Å²) >= 11 is 6.98. The number of nitrogens with zero attached hydrogens (tertiary/aromatic N) is 1. The lowest BCUT2D eigenvalue weighted by Crippen LogP contribution is -1.92.